The summed E-state index contributed by atoms with van der Waals surface area (Å²) >= 11 is 0. The molecule has 0 aliphatic carbocycles. The van der Waals surface area contributed by atoms with E-state index < -0.39 is 10.9 Å². The van der Waals surface area contributed by atoms with Gasteiger partial charge < -0.3 is 9.64 Å². The molecule has 2 heterocycles. The fourth-order valence-electron chi connectivity index (χ4n) is 5.25. The first-order valence-corrected chi connectivity index (χ1v) is 13.8. The van der Waals surface area contributed by atoms with Crippen molar-refractivity contribution in [1.82, 2.24) is 9.88 Å². The Hall–Kier alpha value is -4.70. The first-order valence-electron chi connectivity index (χ1n) is 13.8. The maximum absolute atomic E-state index is 13.6. The van der Waals surface area contributed by atoms with Crippen molar-refractivity contribution in [2.45, 2.75) is 18.8 Å². The summed E-state index contributed by atoms with van der Waals surface area (Å²) < 4.78 is 32.5. The molecule has 0 atom stereocenters. The summed E-state index contributed by atoms with van der Waals surface area (Å²) in [6.45, 7) is 3.72. The number of carbonyl (C=O) groups excluding carboxylic acids is 1. The number of anilines is 1. The van der Waals surface area contributed by atoms with Crippen molar-refractivity contribution in [3.63, 3.8) is 0 Å². The average Bonchev–Trinajstić information content (AvgIpc) is 3.01. The molecule has 4 aromatic rings. The monoisotopic (exact) mass is 572 g/mol. The van der Waals surface area contributed by atoms with E-state index >= 15 is 0 Å². The van der Waals surface area contributed by atoms with Gasteiger partial charge in [0.1, 0.15) is 28.8 Å². The molecule has 0 amide bonds. The van der Waals surface area contributed by atoms with Crippen molar-refractivity contribution in [2.75, 3.05) is 37.6 Å². The molecule has 0 radical (unpaired) electrons. The Morgan fingerprint density at radius 1 is 0.905 bits per heavy atom. The number of pyridine rings is 1. The number of rotatable bonds is 10. The van der Waals surface area contributed by atoms with Crippen molar-refractivity contribution >= 4 is 17.5 Å². The predicted molar refractivity (Wildman–Crippen MR) is 155 cm³/mol. The van der Waals surface area contributed by atoms with E-state index in [0.717, 1.165) is 43.6 Å². The van der Waals surface area contributed by atoms with Crippen molar-refractivity contribution in [3.05, 3.63) is 130 Å². The van der Waals surface area contributed by atoms with E-state index in [-0.39, 0.29) is 29.0 Å². The highest BCUT2D eigenvalue weighted by Crippen LogP contribution is 2.30. The average molecular weight is 573 g/mol. The molecule has 1 fully saturated rings. The summed E-state index contributed by atoms with van der Waals surface area (Å²) in [5.41, 5.74) is 2.11. The van der Waals surface area contributed by atoms with Crippen LogP contribution >= 0.6 is 0 Å². The van der Waals surface area contributed by atoms with Gasteiger partial charge in [-0.05, 0) is 73.0 Å². The maximum Gasteiger partial charge on any atom is 0.347 e. The normalized spacial score (nSPS) is 13.7. The number of benzene rings is 3. The van der Waals surface area contributed by atoms with Gasteiger partial charge in [-0.15, -0.1) is 0 Å². The summed E-state index contributed by atoms with van der Waals surface area (Å²) in [6, 6.07) is 21.8. The Labute approximate surface area is 242 Å². The molecule has 10 heteroatoms. The number of nitro groups is 1. The third-order valence-corrected chi connectivity index (χ3v) is 7.43. The lowest BCUT2D eigenvalue weighted by Gasteiger charge is -2.36. The van der Waals surface area contributed by atoms with Gasteiger partial charge in [0, 0.05) is 44.4 Å². The number of hydrogen-bond donors (Lipinski definition) is 0. The quantitative estimate of drug-likeness (QED) is 0.0965. The van der Waals surface area contributed by atoms with E-state index in [1.54, 1.807) is 42.6 Å². The molecule has 216 valence electrons. The predicted octanol–water partition coefficient (Wildman–Crippen LogP) is 6.22. The molecule has 0 unspecified atom stereocenters. The van der Waals surface area contributed by atoms with Crippen molar-refractivity contribution in [2.24, 2.45) is 0 Å². The fraction of sp³-hybridized carbons (Fsp3) is 0.250. The van der Waals surface area contributed by atoms with E-state index in [4.69, 9.17) is 4.74 Å². The number of non-ortho nitro benzene ring substituents is 1. The smallest absolute Gasteiger partial charge is 0.347 e. The van der Waals surface area contributed by atoms with Crippen LogP contribution in [-0.4, -0.2) is 53.5 Å². The van der Waals surface area contributed by atoms with Crippen LogP contribution in [0, 0.1) is 21.7 Å². The Morgan fingerprint density at radius 2 is 1.55 bits per heavy atom. The van der Waals surface area contributed by atoms with E-state index in [2.05, 4.69) is 9.88 Å². The fourth-order valence-corrected chi connectivity index (χ4v) is 5.25. The van der Waals surface area contributed by atoms with E-state index in [0.29, 0.717) is 24.5 Å². The summed E-state index contributed by atoms with van der Waals surface area (Å²) in [7, 11) is 0. The van der Waals surface area contributed by atoms with Crippen molar-refractivity contribution < 1.29 is 23.2 Å². The molecule has 5 rings (SSSR count). The Kier molecular flexibility index (Phi) is 9.13. The molecule has 1 aliphatic heterocycles. The van der Waals surface area contributed by atoms with Crippen LogP contribution in [0.3, 0.4) is 0 Å². The number of piperazine rings is 1. The highest BCUT2D eigenvalue weighted by Gasteiger charge is 2.24. The minimum atomic E-state index is -0.631. The molecule has 0 spiro atoms. The van der Waals surface area contributed by atoms with Gasteiger partial charge in [-0.1, -0.05) is 30.3 Å². The van der Waals surface area contributed by atoms with Gasteiger partial charge in [-0.2, -0.15) is 0 Å². The van der Waals surface area contributed by atoms with Crippen LogP contribution in [0.2, 0.25) is 0 Å². The van der Waals surface area contributed by atoms with Crippen LogP contribution in [0.15, 0.2) is 91.1 Å². The standard InChI is InChI=1S/C32H30F2N4O4/c33-25-12-8-23(9-13-25)29(24-10-14-26(34)15-11-24)7-3-17-36-18-20-37(21-19-36)31-30(6-2-16-35-31)32(39)42-28-5-1-4-27(22-28)38(40)41/h1-2,4-6,8-16,22,29H,3,7,17-21H2. The van der Waals surface area contributed by atoms with Crippen LogP contribution in [0.4, 0.5) is 20.3 Å². The zero-order valence-electron chi connectivity index (χ0n) is 22.9. The summed E-state index contributed by atoms with van der Waals surface area (Å²) in [6.07, 6.45) is 3.34. The van der Waals surface area contributed by atoms with Crippen LogP contribution in [-0.2, 0) is 0 Å². The minimum absolute atomic E-state index is 0.0284. The molecular formula is C32H30F2N4O4. The maximum atomic E-state index is 13.6. The van der Waals surface area contributed by atoms with E-state index in [1.807, 2.05) is 4.90 Å². The SMILES string of the molecule is O=C(Oc1cccc([N+](=O)[O-])c1)c1cccnc1N1CCN(CCCC(c2ccc(F)cc2)c2ccc(F)cc2)CC1. The van der Waals surface area contributed by atoms with E-state index in [9.17, 15) is 23.7 Å². The first-order chi connectivity index (χ1) is 20.4. The van der Waals surface area contributed by atoms with Gasteiger partial charge in [0.05, 0.1) is 11.0 Å². The molecule has 1 aromatic heterocycles. The van der Waals surface area contributed by atoms with Crippen LogP contribution in [0.1, 0.15) is 40.2 Å². The zero-order valence-corrected chi connectivity index (χ0v) is 22.9. The number of halogens is 2. The second kappa shape index (κ2) is 13.3. The molecule has 0 saturated carbocycles. The lowest BCUT2D eigenvalue weighted by atomic mass is 9.87. The van der Waals surface area contributed by atoms with Gasteiger partial charge in [0.25, 0.3) is 5.69 Å². The van der Waals surface area contributed by atoms with Crippen molar-refractivity contribution in [1.29, 1.82) is 0 Å². The summed E-state index contributed by atoms with van der Waals surface area (Å²) in [5, 5.41) is 11.1. The zero-order chi connectivity index (χ0) is 29.5. The number of aromatic nitrogens is 1. The molecule has 1 aliphatic rings. The Balaban J connectivity index is 1.18. The van der Waals surface area contributed by atoms with Gasteiger partial charge in [0.15, 0.2) is 0 Å². The Bertz CT molecular complexity index is 1480. The summed E-state index contributed by atoms with van der Waals surface area (Å²) in [5.74, 6) is -0.575. The first kappa shape index (κ1) is 28.8. The van der Waals surface area contributed by atoms with Crippen LogP contribution < -0.4 is 9.64 Å². The second-order valence-electron chi connectivity index (χ2n) is 10.1. The molecule has 42 heavy (non-hydrogen) atoms. The topological polar surface area (TPSA) is 88.8 Å². The highest BCUT2D eigenvalue weighted by molar-refractivity contribution is 5.96. The number of carbonyl (C=O) groups is 1. The minimum Gasteiger partial charge on any atom is -0.423 e. The molecule has 0 bridgehead atoms. The van der Waals surface area contributed by atoms with Crippen LogP contribution in [0.25, 0.3) is 0 Å². The molecule has 0 N–H and O–H groups in total. The molecular weight excluding hydrogens is 542 g/mol. The number of nitrogens with zero attached hydrogens (tertiary/aromatic N) is 4. The lowest BCUT2D eigenvalue weighted by molar-refractivity contribution is -0.384. The van der Waals surface area contributed by atoms with Gasteiger partial charge in [-0.25, -0.2) is 18.6 Å². The van der Waals surface area contributed by atoms with E-state index in [1.165, 1.54) is 48.5 Å². The number of hydrogen-bond acceptors (Lipinski definition) is 7. The largest absolute Gasteiger partial charge is 0.423 e. The molecule has 8 nitrogen and oxygen atoms in total. The van der Waals surface area contributed by atoms with Crippen molar-refractivity contribution in [3.8, 4) is 5.75 Å². The third kappa shape index (κ3) is 7.13. The molecule has 3 aromatic carbocycles. The van der Waals surface area contributed by atoms with Gasteiger partial charge in [-0.3, -0.25) is 15.0 Å². The number of esters is 1. The van der Waals surface area contributed by atoms with Crippen LogP contribution in [0.5, 0.6) is 5.75 Å². The lowest BCUT2D eigenvalue weighted by Crippen LogP contribution is -2.47. The van der Waals surface area contributed by atoms with Gasteiger partial charge in [0.2, 0.25) is 0 Å². The highest BCUT2D eigenvalue weighted by atomic mass is 19.1. The molecule has 1 saturated heterocycles. The summed E-state index contributed by atoms with van der Waals surface area (Å²) in [4.78, 5) is 32.4. The third-order valence-electron chi connectivity index (χ3n) is 7.43. The second-order valence-corrected chi connectivity index (χ2v) is 10.1. The Morgan fingerprint density at radius 3 is 2.17 bits per heavy atom. The number of ether oxygens (including phenoxy) is 1. The number of nitro benzene ring substituents is 1. The van der Waals surface area contributed by atoms with Gasteiger partial charge >= 0.3 is 5.97 Å².